The van der Waals surface area contributed by atoms with Crippen LogP contribution in [0, 0.1) is 0 Å². The van der Waals surface area contributed by atoms with Gasteiger partial charge >= 0.3 is 6.03 Å². The van der Waals surface area contributed by atoms with Crippen molar-refractivity contribution < 1.29 is 9.59 Å². The Morgan fingerprint density at radius 1 is 0.857 bits per heavy atom. The highest BCUT2D eigenvalue weighted by Gasteiger charge is 2.23. The largest absolute Gasteiger partial charge is 0.324 e. The zero-order valence-corrected chi connectivity index (χ0v) is 17.0. The molecule has 0 spiro atoms. The van der Waals surface area contributed by atoms with Crippen molar-refractivity contribution in [1.82, 2.24) is 5.32 Å². The summed E-state index contributed by atoms with van der Waals surface area (Å²) in [5, 5.41) is 8.61. The molecule has 5 nitrogen and oxygen atoms in total. The average Bonchev–Trinajstić information content (AvgIpc) is 2.68. The number of hydrogen-bond donors (Lipinski definition) is 3. The molecule has 142 valence electrons. The lowest BCUT2D eigenvalue weighted by molar-refractivity contribution is -0.118. The van der Waals surface area contributed by atoms with Crippen LogP contribution in [0.2, 0.25) is 5.02 Å². The van der Waals surface area contributed by atoms with Crippen LogP contribution in [0.4, 0.5) is 16.2 Å². The van der Waals surface area contributed by atoms with Gasteiger partial charge in [0.25, 0.3) is 5.91 Å². The summed E-state index contributed by atoms with van der Waals surface area (Å²) in [6, 6.07) is 21.7. The summed E-state index contributed by atoms with van der Waals surface area (Å²) in [6.07, 6.45) is 0. The summed E-state index contributed by atoms with van der Waals surface area (Å²) in [5.41, 5.74) is 1.73. The van der Waals surface area contributed by atoms with E-state index in [0.717, 1.165) is 4.47 Å². The number of carbonyl (C=O) groups is 2. The third kappa shape index (κ3) is 5.34. The molecule has 0 aliphatic heterocycles. The van der Waals surface area contributed by atoms with E-state index in [0.29, 0.717) is 22.0 Å². The molecule has 0 saturated carbocycles. The van der Waals surface area contributed by atoms with Gasteiger partial charge < -0.3 is 16.0 Å². The number of urea groups is 1. The second-order valence-electron chi connectivity index (χ2n) is 5.92. The summed E-state index contributed by atoms with van der Waals surface area (Å²) in [7, 11) is 0. The lowest BCUT2D eigenvalue weighted by Gasteiger charge is -2.19. The van der Waals surface area contributed by atoms with Crippen LogP contribution in [0.1, 0.15) is 11.6 Å². The number of nitrogens with one attached hydrogen (secondary N) is 3. The monoisotopic (exact) mass is 457 g/mol. The van der Waals surface area contributed by atoms with E-state index in [2.05, 4.69) is 31.9 Å². The molecular formula is C21H17BrClN3O2. The highest BCUT2D eigenvalue weighted by atomic mass is 79.9. The van der Waals surface area contributed by atoms with Crippen LogP contribution in [-0.4, -0.2) is 11.9 Å². The van der Waals surface area contributed by atoms with Crippen molar-refractivity contribution in [3.63, 3.8) is 0 Å². The van der Waals surface area contributed by atoms with Gasteiger partial charge in [0.15, 0.2) is 0 Å². The van der Waals surface area contributed by atoms with Crippen LogP contribution >= 0.6 is 27.5 Å². The molecule has 3 amide bonds. The maximum atomic E-state index is 12.9. The van der Waals surface area contributed by atoms with Crippen LogP contribution in [0.5, 0.6) is 0 Å². The number of halogens is 2. The fraction of sp³-hybridized carbons (Fsp3) is 0.0476. The van der Waals surface area contributed by atoms with Crippen molar-refractivity contribution in [1.29, 1.82) is 0 Å². The maximum absolute atomic E-state index is 12.9. The number of carbonyl (C=O) groups excluding carboxylic acids is 2. The smallest absolute Gasteiger partial charge is 0.320 e. The van der Waals surface area contributed by atoms with E-state index in [9.17, 15) is 9.59 Å². The second-order valence-corrected chi connectivity index (χ2v) is 7.24. The van der Waals surface area contributed by atoms with Gasteiger partial charge in [-0.25, -0.2) is 4.79 Å². The number of para-hydroxylation sites is 1. The number of hydrogen-bond acceptors (Lipinski definition) is 2. The van der Waals surface area contributed by atoms with Gasteiger partial charge in [-0.3, -0.25) is 4.79 Å². The second kappa shape index (κ2) is 9.39. The molecule has 0 aliphatic rings. The molecule has 0 aromatic heterocycles. The van der Waals surface area contributed by atoms with Gasteiger partial charge in [-0.05, 0) is 35.9 Å². The summed E-state index contributed by atoms with van der Waals surface area (Å²) < 4.78 is 0.839. The molecule has 3 aromatic carbocycles. The highest BCUT2D eigenvalue weighted by molar-refractivity contribution is 9.10. The zero-order valence-electron chi connectivity index (χ0n) is 14.7. The summed E-state index contributed by atoms with van der Waals surface area (Å²) >= 11 is 9.45. The summed E-state index contributed by atoms with van der Waals surface area (Å²) in [5.74, 6) is -0.362. The van der Waals surface area contributed by atoms with E-state index in [4.69, 9.17) is 11.6 Å². The predicted octanol–water partition coefficient (Wildman–Crippen LogP) is 5.60. The minimum Gasteiger partial charge on any atom is -0.324 e. The highest BCUT2D eigenvalue weighted by Crippen LogP contribution is 2.22. The lowest BCUT2D eigenvalue weighted by Crippen LogP contribution is -2.39. The van der Waals surface area contributed by atoms with Crippen molar-refractivity contribution in [2.75, 3.05) is 10.6 Å². The molecular weight excluding hydrogens is 442 g/mol. The molecule has 0 fully saturated rings. The molecule has 3 aromatic rings. The first-order chi connectivity index (χ1) is 13.5. The fourth-order valence-electron chi connectivity index (χ4n) is 2.58. The third-order valence-corrected chi connectivity index (χ3v) is 4.71. The number of rotatable bonds is 5. The van der Waals surface area contributed by atoms with Gasteiger partial charge in [-0.2, -0.15) is 0 Å². The Hall–Kier alpha value is -2.83. The summed E-state index contributed by atoms with van der Waals surface area (Å²) in [6.45, 7) is 0. The van der Waals surface area contributed by atoms with E-state index in [1.54, 1.807) is 48.5 Å². The first kappa shape index (κ1) is 19.9. The minimum atomic E-state index is -0.886. The van der Waals surface area contributed by atoms with E-state index in [-0.39, 0.29) is 5.91 Å². The third-order valence-electron chi connectivity index (χ3n) is 3.88. The number of benzene rings is 3. The molecule has 0 aliphatic carbocycles. The van der Waals surface area contributed by atoms with E-state index < -0.39 is 12.1 Å². The molecule has 0 saturated heterocycles. The van der Waals surface area contributed by atoms with Crippen molar-refractivity contribution in [2.45, 2.75) is 6.04 Å². The van der Waals surface area contributed by atoms with Crippen molar-refractivity contribution >= 4 is 50.8 Å². The van der Waals surface area contributed by atoms with Crippen molar-refractivity contribution in [2.24, 2.45) is 0 Å². The fourth-order valence-corrected chi connectivity index (χ4v) is 3.16. The minimum absolute atomic E-state index is 0.362. The molecule has 3 rings (SSSR count). The van der Waals surface area contributed by atoms with Gasteiger partial charge in [0.05, 0.1) is 10.7 Å². The van der Waals surface area contributed by atoms with Crippen LogP contribution in [-0.2, 0) is 4.79 Å². The Morgan fingerprint density at radius 3 is 2.29 bits per heavy atom. The van der Waals surface area contributed by atoms with Crippen LogP contribution in [0.3, 0.4) is 0 Å². The Morgan fingerprint density at radius 2 is 1.57 bits per heavy atom. The van der Waals surface area contributed by atoms with Gasteiger partial charge in [-0.15, -0.1) is 0 Å². The van der Waals surface area contributed by atoms with Crippen molar-refractivity contribution in [3.8, 4) is 0 Å². The van der Waals surface area contributed by atoms with Crippen LogP contribution in [0.15, 0.2) is 83.3 Å². The van der Waals surface area contributed by atoms with Crippen molar-refractivity contribution in [3.05, 3.63) is 93.9 Å². The SMILES string of the molecule is O=C(Nc1ccccc1Cl)N[C@@H](C(=O)Nc1cccc(Br)c1)c1ccccc1. The molecule has 28 heavy (non-hydrogen) atoms. The number of anilines is 2. The topological polar surface area (TPSA) is 70.2 Å². The van der Waals surface area contributed by atoms with Gasteiger partial charge in [-0.1, -0.05) is 76.1 Å². The summed E-state index contributed by atoms with van der Waals surface area (Å²) in [4.78, 5) is 25.4. The Labute approximate surface area is 176 Å². The standard InChI is InChI=1S/C21H17BrClN3O2/c22-15-9-6-10-16(13-15)24-20(27)19(14-7-2-1-3-8-14)26-21(28)25-18-12-5-4-11-17(18)23/h1-13,19H,(H,24,27)(H2,25,26,28)/t19-/m1/s1. The predicted molar refractivity (Wildman–Crippen MR) is 116 cm³/mol. The molecule has 3 N–H and O–H groups in total. The van der Waals surface area contributed by atoms with E-state index >= 15 is 0 Å². The Kier molecular flexibility index (Phi) is 6.68. The Bertz CT molecular complexity index is 982. The maximum Gasteiger partial charge on any atom is 0.320 e. The van der Waals surface area contributed by atoms with Crippen LogP contribution in [0.25, 0.3) is 0 Å². The first-order valence-electron chi connectivity index (χ1n) is 8.46. The zero-order chi connectivity index (χ0) is 19.9. The van der Waals surface area contributed by atoms with E-state index in [1.165, 1.54) is 0 Å². The van der Waals surface area contributed by atoms with Gasteiger partial charge in [0, 0.05) is 10.2 Å². The number of amides is 3. The van der Waals surface area contributed by atoms with E-state index in [1.807, 2.05) is 30.3 Å². The molecule has 0 unspecified atom stereocenters. The molecule has 0 radical (unpaired) electrons. The normalized spacial score (nSPS) is 11.4. The molecule has 1 atom stereocenters. The molecule has 0 bridgehead atoms. The van der Waals surface area contributed by atoms with Gasteiger partial charge in [0.2, 0.25) is 0 Å². The lowest BCUT2D eigenvalue weighted by atomic mass is 10.1. The Balaban J connectivity index is 1.78. The van der Waals surface area contributed by atoms with Crippen LogP contribution < -0.4 is 16.0 Å². The first-order valence-corrected chi connectivity index (χ1v) is 9.63. The molecule has 7 heteroatoms. The van der Waals surface area contributed by atoms with Gasteiger partial charge in [0.1, 0.15) is 6.04 Å². The quantitative estimate of drug-likeness (QED) is 0.465. The average molecular weight is 459 g/mol. The molecule has 0 heterocycles.